The third-order valence-electron chi connectivity index (χ3n) is 3.68. The molecule has 0 unspecified atom stereocenters. The van der Waals surface area contributed by atoms with Gasteiger partial charge in [-0.25, -0.2) is 0 Å². The average molecular weight is 382 g/mol. The Morgan fingerprint density at radius 3 is 1.75 bits per heavy atom. The van der Waals surface area contributed by atoms with E-state index in [2.05, 4.69) is 0 Å². The number of hydrogen-bond donors (Lipinski definition) is 2. The van der Waals surface area contributed by atoms with Crippen LogP contribution in [0.15, 0.2) is 31.7 Å². The molecule has 0 radical (unpaired) electrons. The number of nitrogens with zero attached hydrogens (tertiary/aromatic N) is 2. The highest BCUT2D eigenvalue weighted by Crippen LogP contribution is 2.58. The Hall–Kier alpha value is -1.71. The Labute approximate surface area is 152 Å². The van der Waals surface area contributed by atoms with Gasteiger partial charge in [-0.1, -0.05) is 23.5 Å². The Bertz CT molecular complexity index is 745. The molecular formula is C15H14N2O4S3. The molecule has 2 heterocycles. The molecule has 1 saturated heterocycles. The molecule has 0 aromatic heterocycles. The first-order chi connectivity index (χ1) is 11.4. The zero-order valence-electron chi connectivity index (χ0n) is 12.9. The number of phenols is 2. The molecule has 0 atom stereocenters. The van der Waals surface area contributed by atoms with Crippen LogP contribution < -0.4 is 0 Å². The van der Waals surface area contributed by atoms with E-state index in [-0.39, 0.29) is 22.2 Å². The maximum Gasteiger partial charge on any atom is 0.267 e. The summed E-state index contributed by atoms with van der Waals surface area (Å²) < 4.78 is 0.441. The van der Waals surface area contributed by atoms with Crippen molar-refractivity contribution < 1.29 is 19.8 Å². The highest BCUT2D eigenvalue weighted by atomic mass is 32.2. The number of carbonyl (C=O) groups excluding carboxylic acids is 2. The standard InChI is InChI=1S/C15H14N2O4S3/c1-3-16-12(20)9(13(21)17(4-2)15(16)22)14-23-10-7(18)5-6-8(19)11(10)24-14/h5-6,18-19H,3-4H2,1-2H3. The van der Waals surface area contributed by atoms with Crippen molar-refractivity contribution in [2.24, 2.45) is 0 Å². The Kier molecular flexibility index (Phi) is 4.50. The number of hydrogen-bond acceptors (Lipinski definition) is 7. The summed E-state index contributed by atoms with van der Waals surface area (Å²) in [6, 6.07) is 2.76. The summed E-state index contributed by atoms with van der Waals surface area (Å²) in [6.45, 7) is 4.29. The molecule has 0 spiro atoms. The number of amides is 2. The summed E-state index contributed by atoms with van der Waals surface area (Å²) in [5, 5.41) is 20.1. The van der Waals surface area contributed by atoms with Gasteiger partial charge in [-0.2, -0.15) is 0 Å². The van der Waals surface area contributed by atoms with Crippen molar-refractivity contribution in [3.63, 3.8) is 0 Å². The van der Waals surface area contributed by atoms with Gasteiger partial charge in [-0.05, 0) is 38.2 Å². The lowest BCUT2D eigenvalue weighted by molar-refractivity contribution is -0.133. The number of benzene rings is 1. The van der Waals surface area contributed by atoms with Gasteiger partial charge in [-0.3, -0.25) is 19.4 Å². The summed E-state index contributed by atoms with van der Waals surface area (Å²) >= 11 is 7.46. The van der Waals surface area contributed by atoms with Crippen molar-refractivity contribution in [3.05, 3.63) is 21.9 Å². The minimum absolute atomic E-state index is 0.00169. The zero-order valence-corrected chi connectivity index (χ0v) is 15.3. The van der Waals surface area contributed by atoms with Gasteiger partial charge in [-0.15, -0.1) is 0 Å². The molecule has 1 fully saturated rings. The minimum Gasteiger partial charge on any atom is -0.507 e. The van der Waals surface area contributed by atoms with Crippen molar-refractivity contribution in [3.8, 4) is 11.5 Å². The number of carbonyl (C=O) groups is 2. The maximum atomic E-state index is 12.7. The van der Waals surface area contributed by atoms with Gasteiger partial charge in [0.2, 0.25) is 0 Å². The number of fused-ring (bicyclic) bond motifs is 1. The molecule has 24 heavy (non-hydrogen) atoms. The van der Waals surface area contributed by atoms with Gasteiger partial charge in [0.1, 0.15) is 17.1 Å². The van der Waals surface area contributed by atoms with Crippen molar-refractivity contribution in [2.45, 2.75) is 23.6 Å². The van der Waals surface area contributed by atoms with Gasteiger partial charge in [0.25, 0.3) is 11.8 Å². The first-order valence-electron chi connectivity index (χ1n) is 7.23. The first kappa shape index (κ1) is 17.1. The molecule has 0 aliphatic carbocycles. The van der Waals surface area contributed by atoms with Crippen LogP contribution in [0, 0.1) is 0 Å². The van der Waals surface area contributed by atoms with Crippen LogP contribution in [0.25, 0.3) is 0 Å². The molecule has 126 valence electrons. The van der Waals surface area contributed by atoms with Crippen molar-refractivity contribution >= 4 is 52.7 Å². The summed E-state index contributed by atoms with van der Waals surface area (Å²) in [5.74, 6) is -0.887. The van der Waals surface area contributed by atoms with E-state index in [0.717, 1.165) is 23.5 Å². The Balaban J connectivity index is 2.11. The molecule has 0 bridgehead atoms. The molecule has 2 amide bonds. The molecule has 2 aliphatic heterocycles. The normalized spacial score (nSPS) is 17.8. The van der Waals surface area contributed by atoms with Crippen LogP contribution in [0.1, 0.15) is 13.8 Å². The van der Waals surface area contributed by atoms with Crippen molar-refractivity contribution in [1.29, 1.82) is 0 Å². The molecule has 6 nitrogen and oxygen atoms in total. The second-order valence-electron chi connectivity index (χ2n) is 5.01. The van der Waals surface area contributed by atoms with Crippen molar-refractivity contribution in [1.82, 2.24) is 9.80 Å². The smallest absolute Gasteiger partial charge is 0.267 e. The van der Waals surface area contributed by atoms with Gasteiger partial charge in [0, 0.05) is 13.1 Å². The summed E-state index contributed by atoms with van der Waals surface area (Å²) in [7, 11) is 0. The van der Waals surface area contributed by atoms with Crippen LogP contribution in [0.5, 0.6) is 11.5 Å². The summed E-state index contributed by atoms with van der Waals surface area (Å²) in [4.78, 5) is 29.1. The minimum atomic E-state index is -0.445. The monoisotopic (exact) mass is 382 g/mol. The number of thiocarbonyl (C=S) groups is 1. The van der Waals surface area contributed by atoms with Crippen molar-refractivity contribution in [2.75, 3.05) is 13.1 Å². The van der Waals surface area contributed by atoms with Crippen LogP contribution in [-0.2, 0) is 9.59 Å². The second-order valence-corrected chi connectivity index (χ2v) is 7.67. The SMILES string of the molecule is CCN1C(=O)C(=C2Sc3c(O)ccc(O)c3S2)C(=O)N(CC)C1=S. The molecule has 3 rings (SSSR count). The Morgan fingerprint density at radius 2 is 1.38 bits per heavy atom. The number of thioether (sulfide) groups is 2. The zero-order chi connectivity index (χ0) is 17.6. The second kappa shape index (κ2) is 6.30. The fraction of sp³-hybridized carbons (Fsp3) is 0.267. The topological polar surface area (TPSA) is 81.1 Å². The fourth-order valence-electron chi connectivity index (χ4n) is 2.46. The third kappa shape index (κ3) is 2.47. The van der Waals surface area contributed by atoms with Gasteiger partial charge < -0.3 is 10.2 Å². The number of phenolic OH excluding ortho intramolecular Hbond substituents is 2. The van der Waals surface area contributed by atoms with E-state index in [1.54, 1.807) is 13.8 Å². The quantitative estimate of drug-likeness (QED) is 0.352. The van der Waals surface area contributed by atoms with E-state index in [1.165, 1.54) is 21.9 Å². The van der Waals surface area contributed by atoms with Crippen LogP contribution in [0.2, 0.25) is 0 Å². The molecular weight excluding hydrogens is 368 g/mol. The van der Waals surface area contributed by atoms with E-state index in [0.29, 0.717) is 27.1 Å². The van der Waals surface area contributed by atoms with E-state index in [4.69, 9.17) is 12.2 Å². The molecule has 2 N–H and O–H groups in total. The van der Waals surface area contributed by atoms with Crippen LogP contribution in [0.3, 0.4) is 0 Å². The van der Waals surface area contributed by atoms with E-state index in [1.807, 2.05) is 0 Å². The third-order valence-corrected chi connectivity index (χ3v) is 6.76. The molecule has 1 aromatic rings. The van der Waals surface area contributed by atoms with E-state index < -0.39 is 11.8 Å². The van der Waals surface area contributed by atoms with Gasteiger partial charge >= 0.3 is 0 Å². The van der Waals surface area contributed by atoms with Crippen LogP contribution in [0.4, 0.5) is 0 Å². The molecule has 2 aliphatic rings. The Morgan fingerprint density at radius 1 is 0.958 bits per heavy atom. The predicted octanol–water partition coefficient (Wildman–Crippen LogP) is 2.50. The lowest BCUT2D eigenvalue weighted by atomic mass is 10.2. The largest absolute Gasteiger partial charge is 0.507 e. The highest BCUT2D eigenvalue weighted by Gasteiger charge is 2.42. The van der Waals surface area contributed by atoms with Gasteiger partial charge in [0.15, 0.2) is 5.11 Å². The number of likely N-dealkylation sites (N-methyl/N-ethyl adjacent to an activating group) is 2. The van der Waals surface area contributed by atoms with E-state index >= 15 is 0 Å². The number of rotatable bonds is 2. The number of aromatic hydroxyl groups is 2. The predicted molar refractivity (Wildman–Crippen MR) is 95.9 cm³/mol. The van der Waals surface area contributed by atoms with Gasteiger partial charge in [0.05, 0.1) is 14.0 Å². The summed E-state index contributed by atoms with van der Waals surface area (Å²) in [5.41, 5.74) is 0.0253. The van der Waals surface area contributed by atoms with E-state index in [9.17, 15) is 19.8 Å². The first-order valence-corrected chi connectivity index (χ1v) is 9.27. The molecule has 1 aromatic carbocycles. The lowest BCUT2D eigenvalue weighted by Gasteiger charge is -2.35. The average Bonchev–Trinajstić information content (AvgIpc) is 2.98. The fourth-order valence-corrected chi connectivity index (χ4v) is 5.47. The molecule has 9 heteroatoms. The summed E-state index contributed by atoms with van der Waals surface area (Å²) in [6.07, 6.45) is 0. The van der Waals surface area contributed by atoms with Crippen LogP contribution >= 0.6 is 35.7 Å². The highest BCUT2D eigenvalue weighted by molar-refractivity contribution is 8.25. The molecule has 0 saturated carbocycles. The lowest BCUT2D eigenvalue weighted by Crippen LogP contribution is -2.56. The van der Waals surface area contributed by atoms with Crippen LogP contribution in [-0.4, -0.2) is 50.0 Å². The maximum absolute atomic E-state index is 12.7.